The molecule has 1 unspecified atom stereocenters. The number of aliphatic hydroxyl groups excluding tert-OH is 1. The number of nitrogens with one attached hydrogen (secondary N) is 2. The van der Waals surface area contributed by atoms with Gasteiger partial charge in [-0.05, 0) is 68.5 Å². The molecule has 47 heavy (non-hydrogen) atoms. The number of likely N-dealkylation sites (tertiary alicyclic amines) is 2. The number of nitrogens with zero attached hydrogens (tertiary/aromatic N) is 3. The maximum Gasteiger partial charge on any atom is 0.253 e. The van der Waals surface area contributed by atoms with E-state index in [0.29, 0.717) is 50.3 Å². The summed E-state index contributed by atoms with van der Waals surface area (Å²) in [5.74, 6) is 0.931. The smallest absolute Gasteiger partial charge is 0.253 e. The summed E-state index contributed by atoms with van der Waals surface area (Å²) < 4.78 is 27.1. The van der Waals surface area contributed by atoms with Crippen molar-refractivity contribution in [1.82, 2.24) is 20.4 Å². The number of anilines is 1. The van der Waals surface area contributed by atoms with Gasteiger partial charge in [-0.25, -0.2) is 4.39 Å². The van der Waals surface area contributed by atoms with Gasteiger partial charge in [-0.15, -0.1) is 24.8 Å². The number of amides is 2. The fourth-order valence-corrected chi connectivity index (χ4v) is 6.96. The monoisotopic (exact) mass is 695 g/mol. The summed E-state index contributed by atoms with van der Waals surface area (Å²) in [5.41, 5.74) is 2.49. The minimum Gasteiger partial charge on any atom is -0.490 e. The average molecular weight is 697 g/mol. The first-order valence-electron chi connectivity index (χ1n) is 16.5. The molecule has 6 rings (SSSR count). The fraction of sp³-hybridized carbons (Fsp3) is 0.588. The second-order valence-corrected chi connectivity index (χ2v) is 12.8. The number of piperidine rings is 2. The molecule has 0 radical (unpaired) electrons. The van der Waals surface area contributed by atoms with Crippen molar-refractivity contribution in [2.75, 3.05) is 70.3 Å². The summed E-state index contributed by atoms with van der Waals surface area (Å²) in [5, 5.41) is 16.4. The van der Waals surface area contributed by atoms with Gasteiger partial charge in [0.05, 0.1) is 0 Å². The maximum absolute atomic E-state index is 14.5. The van der Waals surface area contributed by atoms with E-state index in [0.717, 1.165) is 75.5 Å². The van der Waals surface area contributed by atoms with E-state index >= 15 is 0 Å². The lowest BCUT2D eigenvalue weighted by Crippen LogP contribution is -2.43. The maximum atomic E-state index is 14.5. The van der Waals surface area contributed by atoms with Crippen molar-refractivity contribution in [3.05, 3.63) is 53.3 Å². The molecule has 0 aromatic heterocycles. The van der Waals surface area contributed by atoms with Gasteiger partial charge in [0.2, 0.25) is 0 Å². The zero-order valence-electron chi connectivity index (χ0n) is 27.0. The number of benzene rings is 2. The predicted octanol–water partition coefficient (Wildman–Crippen LogP) is 3.59. The minimum atomic E-state index is -1.01. The zero-order chi connectivity index (χ0) is 31.3. The number of carbonyl (C=O) groups is 2. The number of rotatable bonds is 8. The topological polar surface area (TPSA) is 107 Å². The summed E-state index contributed by atoms with van der Waals surface area (Å²) in [7, 11) is 0. The Labute approximate surface area is 289 Å². The van der Waals surface area contributed by atoms with Crippen molar-refractivity contribution in [3.8, 4) is 11.5 Å². The van der Waals surface area contributed by atoms with Crippen molar-refractivity contribution >= 4 is 42.3 Å². The van der Waals surface area contributed by atoms with Crippen LogP contribution in [0, 0.1) is 5.82 Å². The molecule has 0 aliphatic carbocycles. The minimum absolute atomic E-state index is 0. The zero-order valence-corrected chi connectivity index (χ0v) is 28.6. The van der Waals surface area contributed by atoms with Crippen LogP contribution in [0.15, 0.2) is 36.4 Å². The van der Waals surface area contributed by atoms with E-state index in [2.05, 4.69) is 15.5 Å². The highest BCUT2D eigenvalue weighted by Gasteiger charge is 2.31. The summed E-state index contributed by atoms with van der Waals surface area (Å²) in [6.45, 7) is 8.88. The molecule has 4 saturated heterocycles. The Morgan fingerprint density at radius 3 is 2.19 bits per heavy atom. The van der Waals surface area contributed by atoms with Crippen molar-refractivity contribution in [2.45, 2.75) is 63.3 Å². The van der Waals surface area contributed by atoms with E-state index in [-0.39, 0.29) is 60.6 Å². The van der Waals surface area contributed by atoms with Crippen molar-refractivity contribution in [1.29, 1.82) is 0 Å². The van der Waals surface area contributed by atoms with Crippen molar-refractivity contribution in [3.63, 3.8) is 0 Å². The molecule has 0 saturated carbocycles. The lowest BCUT2D eigenvalue weighted by molar-refractivity contribution is -0.140. The van der Waals surface area contributed by atoms with Crippen LogP contribution >= 0.6 is 24.8 Å². The van der Waals surface area contributed by atoms with Gasteiger partial charge >= 0.3 is 0 Å². The van der Waals surface area contributed by atoms with Gasteiger partial charge in [0.25, 0.3) is 11.8 Å². The molecule has 0 bridgehead atoms. The second kappa shape index (κ2) is 17.0. The van der Waals surface area contributed by atoms with E-state index < -0.39 is 6.10 Å². The van der Waals surface area contributed by atoms with E-state index in [1.807, 2.05) is 29.2 Å². The number of aliphatic hydroxyl groups is 1. The van der Waals surface area contributed by atoms with Gasteiger partial charge in [0, 0.05) is 95.1 Å². The van der Waals surface area contributed by atoms with Crippen LogP contribution < -0.4 is 25.0 Å². The first-order valence-corrected chi connectivity index (χ1v) is 16.5. The Morgan fingerprint density at radius 1 is 0.830 bits per heavy atom. The molecule has 4 aliphatic rings. The SMILES string of the molecule is CC(O)C(=O)N1CCC(c2cc(C(=O)N3CCC(Oc4cc(F)cc(N5CCNCC5)c4)CC3)ccc2O[C@H]2CCNC2)CC1.Cl.Cl. The molecule has 2 aromatic carbocycles. The van der Waals surface area contributed by atoms with Gasteiger partial charge in [0.1, 0.15) is 35.6 Å². The van der Waals surface area contributed by atoms with E-state index in [1.54, 1.807) is 11.0 Å². The summed E-state index contributed by atoms with van der Waals surface area (Å²) in [4.78, 5) is 31.8. The van der Waals surface area contributed by atoms with E-state index in [9.17, 15) is 19.1 Å². The quantitative estimate of drug-likeness (QED) is 0.385. The normalized spacial score (nSPS) is 21.4. The number of halogens is 3. The third-order valence-electron chi connectivity index (χ3n) is 9.54. The number of piperazine rings is 1. The van der Waals surface area contributed by atoms with Crippen LogP contribution in [0.5, 0.6) is 11.5 Å². The molecular formula is C34H48Cl2FN5O5. The average Bonchev–Trinajstić information content (AvgIpc) is 3.58. The molecule has 13 heteroatoms. The van der Waals surface area contributed by atoms with Gasteiger partial charge in [0.15, 0.2) is 0 Å². The van der Waals surface area contributed by atoms with Gasteiger partial charge in [-0.1, -0.05) is 0 Å². The number of carbonyl (C=O) groups excluding carboxylic acids is 2. The molecule has 4 aliphatic heterocycles. The molecule has 4 fully saturated rings. The van der Waals surface area contributed by atoms with Crippen LogP contribution in [0.3, 0.4) is 0 Å². The van der Waals surface area contributed by atoms with Crippen LogP contribution in [0.25, 0.3) is 0 Å². The lowest BCUT2D eigenvalue weighted by atomic mass is 9.87. The molecule has 4 heterocycles. The van der Waals surface area contributed by atoms with Gasteiger partial charge < -0.3 is 39.9 Å². The van der Waals surface area contributed by atoms with Crippen LogP contribution in [0.1, 0.15) is 60.9 Å². The highest BCUT2D eigenvalue weighted by atomic mass is 35.5. The van der Waals surface area contributed by atoms with Crippen LogP contribution in [0.4, 0.5) is 10.1 Å². The van der Waals surface area contributed by atoms with E-state index in [1.165, 1.54) is 13.0 Å². The second-order valence-electron chi connectivity index (χ2n) is 12.8. The molecule has 0 spiro atoms. The number of ether oxygens (including phenoxy) is 2. The predicted molar refractivity (Wildman–Crippen MR) is 184 cm³/mol. The third-order valence-corrected chi connectivity index (χ3v) is 9.54. The molecule has 3 N–H and O–H groups in total. The molecule has 2 aromatic rings. The molecule has 260 valence electrons. The van der Waals surface area contributed by atoms with Gasteiger partial charge in [-0.3, -0.25) is 9.59 Å². The number of hydrogen-bond acceptors (Lipinski definition) is 8. The van der Waals surface area contributed by atoms with Crippen molar-refractivity contribution in [2.24, 2.45) is 0 Å². The van der Waals surface area contributed by atoms with E-state index in [4.69, 9.17) is 9.47 Å². The molecule has 10 nitrogen and oxygen atoms in total. The summed E-state index contributed by atoms with van der Waals surface area (Å²) in [6.07, 6.45) is 2.76. The third kappa shape index (κ3) is 9.20. The summed E-state index contributed by atoms with van der Waals surface area (Å²) in [6, 6.07) is 10.7. The van der Waals surface area contributed by atoms with Crippen molar-refractivity contribution < 1.29 is 28.6 Å². The van der Waals surface area contributed by atoms with Gasteiger partial charge in [-0.2, -0.15) is 0 Å². The largest absolute Gasteiger partial charge is 0.490 e. The standard InChI is InChI=1S/C34H46FN5O5.2ClH/c1-23(41)33(42)39-12-5-24(6-13-39)31-18-25(2-3-32(31)45-29-4-9-37-22-29)34(43)40-14-7-28(8-15-40)44-30-20-26(35)19-27(21-30)38-16-10-36-11-17-38;;/h2-3,18-21,23-24,28-29,36-37,41H,4-17,22H2,1H3;2*1H/t23?,29-;;/m0../s1. The highest BCUT2D eigenvalue weighted by molar-refractivity contribution is 5.94. The highest BCUT2D eigenvalue weighted by Crippen LogP contribution is 2.37. The molecule has 2 atom stereocenters. The van der Waals surface area contributed by atoms with Crippen LogP contribution in [-0.4, -0.2) is 110 Å². The van der Waals surface area contributed by atoms with Crippen LogP contribution in [-0.2, 0) is 4.79 Å². The molecular weight excluding hydrogens is 648 g/mol. The first-order chi connectivity index (χ1) is 21.8. The lowest BCUT2D eigenvalue weighted by Gasteiger charge is -2.34. The Morgan fingerprint density at radius 2 is 1.53 bits per heavy atom. The Hall–Kier alpha value is -2.83. The Bertz CT molecular complexity index is 1340. The summed E-state index contributed by atoms with van der Waals surface area (Å²) >= 11 is 0. The number of hydrogen-bond donors (Lipinski definition) is 3. The fourth-order valence-electron chi connectivity index (χ4n) is 6.96. The molecule has 2 amide bonds. The van der Waals surface area contributed by atoms with Crippen LogP contribution in [0.2, 0.25) is 0 Å². The Kier molecular flexibility index (Phi) is 13.4. The first kappa shape index (κ1) is 37.0. The Balaban J connectivity index is 0.00000250.